The zero-order valence-electron chi connectivity index (χ0n) is 10.5. The van der Waals surface area contributed by atoms with Crippen molar-refractivity contribution in [3.63, 3.8) is 0 Å². The zero-order chi connectivity index (χ0) is 13.9. The van der Waals surface area contributed by atoms with E-state index in [0.717, 1.165) is 0 Å². The summed E-state index contributed by atoms with van der Waals surface area (Å²) in [5, 5.41) is 9.29. The maximum atomic E-state index is 11.6. The van der Waals surface area contributed by atoms with Gasteiger partial charge < -0.3 is 14.9 Å². The Kier molecular flexibility index (Phi) is 4.55. The topological polar surface area (TPSA) is 60.9 Å². The van der Waals surface area contributed by atoms with Gasteiger partial charge in [-0.3, -0.25) is 4.79 Å². The number of carboxylic acid groups (broad SMARTS) is 1. The highest BCUT2D eigenvalue weighted by molar-refractivity contribution is 6.34. The Morgan fingerprint density at radius 3 is 2.39 bits per heavy atom. The van der Waals surface area contributed by atoms with E-state index in [9.17, 15) is 9.59 Å². The molecular weight excluding hydrogens is 256 g/mol. The minimum Gasteiger partial charge on any atom is -0.478 e. The number of benzene rings is 1. The Bertz CT molecular complexity index is 474. The number of likely N-dealkylation sites (N-methyl/N-ethyl adjacent to an activating group) is 2. The summed E-state index contributed by atoms with van der Waals surface area (Å²) in [7, 11) is 4.94. The first-order valence-corrected chi connectivity index (χ1v) is 5.65. The molecule has 0 bridgehead atoms. The summed E-state index contributed by atoms with van der Waals surface area (Å²) in [4.78, 5) is 25.8. The third kappa shape index (κ3) is 3.13. The number of aromatic carboxylic acids is 1. The van der Waals surface area contributed by atoms with E-state index in [0.29, 0.717) is 5.69 Å². The number of anilines is 1. The molecule has 1 aromatic carbocycles. The normalized spacial score (nSPS) is 10.0. The molecule has 0 aliphatic heterocycles. The average molecular weight is 271 g/mol. The van der Waals surface area contributed by atoms with Gasteiger partial charge in [0.1, 0.15) is 5.56 Å². The van der Waals surface area contributed by atoms with Crippen LogP contribution >= 0.6 is 11.6 Å². The molecule has 0 unspecified atom stereocenters. The SMILES string of the molecule is CN(C)C(=O)CN(C)c1cccc(Cl)c1C(=O)O. The van der Waals surface area contributed by atoms with Crippen molar-refractivity contribution >= 4 is 29.2 Å². The molecule has 0 spiro atoms. The summed E-state index contributed by atoms with van der Waals surface area (Å²) < 4.78 is 0. The monoisotopic (exact) mass is 270 g/mol. The maximum absolute atomic E-state index is 11.6. The second kappa shape index (κ2) is 5.73. The molecule has 18 heavy (non-hydrogen) atoms. The number of hydrogen-bond acceptors (Lipinski definition) is 3. The second-order valence-corrected chi connectivity index (χ2v) is 4.49. The number of amides is 1. The van der Waals surface area contributed by atoms with Gasteiger partial charge in [-0.15, -0.1) is 0 Å². The van der Waals surface area contributed by atoms with Crippen LogP contribution in [0.25, 0.3) is 0 Å². The largest absolute Gasteiger partial charge is 0.478 e. The fourth-order valence-electron chi connectivity index (χ4n) is 1.47. The van der Waals surface area contributed by atoms with E-state index in [4.69, 9.17) is 16.7 Å². The fourth-order valence-corrected chi connectivity index (χ4v) is 1.72. The van der Waals surface area contributed by atoms with E-state index < -0.39 is 5.97 Å². The number of rotatable bonds is 4. The molecule has 5 nitrogen and oxygen atoms in total. The van der Waals surface area contributed by atoms with Crippen LogP contribution in [-0.2, 0) is 4.79 Å². The van der Waals surface area contributed by atoms with E-state index >= 15 is 0 Å². The smallest absolute Gasteiger partial charge is 0.339 e. The molecule has 0 saturated carbocycles. The van der Waals surface area contributed by atoms with Crippen LogP contribution in [-0.4, -0.2) is 49.6 Å². The summed E-state index contributed by atoms with van der Waals surface area (Å²) in [6.45, 7) is 0.0909. The van der Waals surface area contributed by atoms with Gasteiger partial charge >= 0.3 is 5.97 Å². The number of halogens is 1. The van der Waals surface area contributed by atoms with Crippen LogP contribution in [0, 0.1) is 0 Å². The maximum Gasteiger partial charge on any atom is 0.339 e. The van der Waals surface area contributed by atoms with Gasteiger partial charge in [-0.05, 0) is 12.1 Å². The molecule has 1 rings (SSSR count). The highest BCUT2D eigenvalue weighted by atomic mass is 35.5. The lowest BCUT2D eigenvalue weighted by Gasteiger charge is -2.22. The van der Waals surface area contributed by atoms with Gasteiger partial charge in [0.2, 0.25) is 5.91 Å². The Hall–Kier alpha value is -1.75. The molecule has 1 aromatic rings. The fraction of sp³-hybridized carbons (Fsp3) is 0.333. The predicted molar refractivity (Wildman–Crippen MR) is 70.4 cm³/mol. The van der Waals surface area contributed by atoms with E-state index in [-0.39, 0.29) is 23.0 Å². The van der Waals surface area contributed by atoms with Crippen molar-refractivity contribution in [3.8, 4) is 0 Å². The summed E-state index contributed by atoms with van der Waals surface area (Å²) in [5.74, 6) is -1.23. The second-order valence-electron chi connectivity index (χ2n) is 4.08. The van der Waals surface area contributed by atoms with Crippen LogP contribution in [0.2, 0.25) is 5.02 Å². The number of carbonyl (C=O) groups excluding carboxylic acids is 1. The average Bonchev–Trinajstić information content (AvgIpc) is 2.27. The van der Waals surface area contributed by atoms with E-state index in [1.54, 1.807) is 38.2 Å². The lowest BCUT2D eigenvalue weighted by molar-refractivity contribution is -0.127. The first-order valence-electron chi connectivity index (χ1n) is 5.27. The molecule has 0 heterocycles. The molecule has 0 fully saturated rings. The molecule has 1 N–H and O–H groups in total. The quantitative estimate of drug-likeness (QED) is 0.902. The summed E-state index contributed by atoms with van der Waals surface area (Å²) >= 11 is 5.86. The van der Waals surface area contributed by atoms with Crippen molar-refractivity contribution in [2.24, 2.45) is 0 Å². The molecule has 98 valence electrons. The molecule has 6 heteroatoms. The van der Waals surface area contributed by atoms with Crippen LogP contribution in [0.1, 0.15) is 10.4 Å². The van der Waals surface area contributed by atoms with Crippen LogP contribution in [0.5, 0.6) is 0 Å². The van der Waals surface area contributed by atoms with Crippen molar-refractivity contribution in [2.75, 3.05) is 32.6 Å². The first-order chi connectivity index (χ1) is 8.34. The first kappa shape index (κ1) is 14.3. The highest BCUT2D eigenvalue weighted by Crippen LogP contribution is 2.26. The summed E-state index contributed by atoms with van der Waals surface area (Å²) in [6, 6.07) is 4.79. The standard InChI is InChI=1S/C12H15ClN2O3/c1-14(2)10(16)7-15(3)9-6-4-5-8(13)11(9)12(17)18/h4-6H,7H2,1-3H3,(H,17,18). The van der Waals surface area contributed by atoms with Gasteiger partial charge in [0.25, 0.3) is 0 Å². The summed E-state index contributed by atoms with van der Waals surface area (Å²) in [6.07, 6.45) is 0. The predicted octanol–water partition coefficient (Wildman–Crippen LogP) is 1.56. The van der Waals surface area contributed by atoms with Gasteiger partial charge in [0.15, 0.2) is 0 Å². The van der Waals surface area contributed by atoms with Gasteiger partial charge in [-0.25, -0.2) is 4.79 Å². The Morgan fingerprint density at radius 2 is 1.89 bits per heavy atom. The number of hydrogen-bond donors (Lipinski definition) is 1. The third-order valence-corrected chi connectivity index (χ3v) is 2.80. The summed E-state index contributed by atoms with van der Waals surface area (Å²) in [5.41, 5.74) is 0.429. The Labute approximate surface area is 111 Å². The molecule has 0 saturated heterocycles. The van der Waals surface area contributed by atoms with Crippen LogP contribution in [0.3, 0.4) is 0 Å². The Morgan fingerprint density at radius 1 is 1.28 bits per heavy atom. The van der Waals surface area contributed by atoms with E-state index in [2.05, 4.69) is 0 Å². The van der Waals surface area contributed by atoms with Gasteiger partial charge in [0, 0.05) is 21.1 Å². The lowest BCUT2D eigenvalue weighted by Crippen LogP contribution is -2.35. The molecule has 0 radical (unpaired) electrons. The minimum absolute atomic E-state index is 0.00761. The van der Waals surface area contributed by atoms with Gasteiger partial charge in [-0.2, -0.15) is 0 Å². The van der Waals surface area contributed by atoms with Gasteiger partial charge in [0.05, 0.1) is 17.3 Å². The number of carbonyl (C=O) groups is 2. The minimum atomic E-state index is -1.11. The zero-order valence-corrected chi connectivity index (χ0v) is 11.2. The van der Waals surface area contributed by atoms with E-state index in [1.165, 1.54) is 11.0 Å². The van der Waals surface area contributed by atoms with Crippen LogP contribution < -0.4 is 4.90 Å². The number of nitrogens with zero attached hydrogens (tertiary/aromatic N) is 2. The molecule has 0 aromatic heterocycles. The van der Waals surface area contributed by atoms with Crippen molar-refractivity contribution in [2.45, 2.75) is 0 Å². The third-order valence-electron chi connectivity index (χ3n) is 2.49. The van der Waals surface area contributed by atoms with Crippen molar-refractivity contribution < 1.29 is 14.7 Å². The van der Waals surface area contributed by atoms with Crippen molar-refractivity contribution in [1.29, 1.82) is 0 Å². The molecule has 0 aliphatic rings. The number of carboxylic acids is 1. The molecule has 0 atom stereocenters. The van der Waals surface area contributed by atoms with E-state index in [1.807, 2.05) is 0 Å². The van der Waals surface area contributed by atoms with Crippen molar-refractivity contribution in [3.05, 3.63) is 28.8 Å². The van der Waals surface area contributed by atoms with Crippen LogP contribution in [0.15, 0.2) is 18.2 Å². The lowest BCUT2D eigenvalue weighted by atomic mass is 10.1. The van der Waals surface area contributed by atoms with Crippen LogP contribution in [0.4, 0.5) is 5.69 Å². The van der Waals surface area contributed by atoms with Gasteiger partial charge in [-0.1, -0.05) is 17.7 Å². The van der Waals surface area contributed by atoms with Crippen molar-refractivity contribution in [1.82, 2.24) is 4.90 Å². The molecule has 0 aliphatic carbocycles. The molecule has 1 amide bonds. The Balaban J connectivity index is 3.06. The molecular formula is C12H15ClN2O3. The highest BCUT2D eigenvalue weighted by Gasteiger charge is 2.18.